The van der Waals surface area contributed by atoms with E-state index in [0.29, 0.717) is 18.5 Å². The topological polar surface area (TPSA) is 55.1 Å². The van der Waals surface area contributed by atoms with Gasteiger partial charge in [-0.15, -0.1) is 0 Å². The molecule has 1 saturated carbocycles. The fourth-order valence-corrected chi connectivity index (χ4v) is 2.24. The molecule has 1 aromatic rings. The van der Waals surface area contributed by atoms with Crippen LogP contribution in [-0.4, -0.2) is 11.4 Å². The molecule has 0 radical (unpaired) electrons. The van der Waals surface area contributed by atoms with Gasteiger partial charge in [0.1, 0.15) is 5.82 Å². The number of rotatable bonds is 2. The zero-order valence-corrected chi connectivity index (χ0v) is 10.1. The summed E-state index contributed by atoms with van der Waals surface area (Å²) in [6.07, 6.45) is 3.31. The Labute approximate surface area is 104 Å². The zero-order chi connectivity index (χ0) is 12.5. The highest BCUT2D eigenvalue weighted by molar-refractivity contribution is 6.31. The molecule has 1 aliphatic carbocycles. The van der Waals surface area contributed by atoms with Gasteiger partial charge in [-0.05, 0) is 31.0 Å². The summed E-state index contributed by atoms with van der Waals surface area (Å²) in [7, 11) is 0. The van der Waals surface area contributed by atoms with E-state index >= 15 is 0 Å². The predicted molar refractivity (Wildman–Crippen MR) is 65.4 cm³/mol. The summed E-state index contributed by atoms with van der Waals surface area (Å²) in [5.74, 6) is -0.731. The fraction of sp³-hybridized carbons (Fsp3) is 0.417. The number of nitrogens with one attached hydrogen (secondary N) is 1. The third-order valence-corrected chi connectivity index (χ3v) is 3.42. The van der Waals surface area contributed by atoms with Crippen LogP contribution in [0.15, 0.2) is 18.2 Å². The Morgan fingerprint density at radius 1 is 1.41 bits per heavy atom. The number of carbonyl (C=O) groups is 1. The van der Waals surface area contributed by atoms with Crippen LogP contribution in [0.25, 0.3) is 0 Å². The van der Waals surface area contributed by atoms with Crippen molar-refractivity contribution in [1.82, 2.24) is 0 Å². The van der Waals surface area contributed by atoms with Crippen molar-refractivity contribution in [3.8, 4) is 0 Å². The summed E-state index contributed by atoms with van der Waals surface area (Å²) in [6, 6.07) is 4.07. The average Bonchev–Trinajstić information content (AvgIpc) is 2.72. The molecule has 1 fully saturated rings. The van der Waals surface area contributed by atoms with Crippen molar-refractivity contribution in [3.63, 3.8) is 0 Å². The lowest BCUT2D eigenvalue weighted by atomic mass is 9.98. The second kappa shape index (κ2) is 4.63. The van der Waals surface area contributed by atoms with E-state index in [9.17, 15) is 9.18 Å². The molecule has 92 valence electrons. The molecule has 2 rings (SSSR count). The van der Waals surface area contributed by atoms with E-state index in [4.69, 9.17) is 17.3 Å². The van der Waals surface area contributed by atoms with Gasteiger partial charge < -0.3 is 11.1 Å². The molecule has 0 saturated heterocycles. The maximum Gasteiger partial charge on any atom is 0.244 e. The van der Waals surface area contributed by atoms with Crippen molar-refractivity contribution in [2.24, 2.45) is 5.73 Å². The number of benzene rings is 1. The molecule has 0 aliphatic heterocycles. The molecule has 1 aromatic carbocycles. The van der Waals surface area contributed by atoms with Gasteiger partial charge in [-0.2, -0.15) is 0 Å². The molecule has 0 bridgehead atoms. The Bertz CT molecular complexity index is 444. The Hall–Kier alpha value is -1.13. The lowest BCUT2D eigenvalue weighted by Gasteiger charge is -2.22. The normalized spacial score (nSPS) is 18.1. The first-order chi connectivity index (χ1) is 8.01. The van der Waals surface area contributed by atoms with Gasteiger partial charge >= 0.3 is 0 Å². The summed E-state index contributed by atoms with van der Waals surface area (Å²) in [5, 5.41) is 2.66. The summed E-state index contributed by atoms with van der Waals surface area (Å²) < 4.78 is 12.9. The molecule has 1 aliphatic rings. The van der Waals surface area contributed by atoms with E-state index < -0.39 is 11.4 Å². The van der Waals surface area contributed by atoms with E-state index in [0.717, 1.165) is 12.8 Å². The van der Waals surface area contributed by atoms with Crippen LogP contribution < -0.4 is 11.1 Å². The molecule has 0 heterocycles. The van der Waals surface area contributed by atoms with Crippen LogP contribution in [0.2, 0.25) is 5.02 Å². The lowest BCUT2D eigenvalue weighted by Crippen LogP contribution is -2.48. The first kappa shape index (κ1) is 12.3. The first-order valence-electron chi connectivity index (χ1n) is 5.57. The number of hydrogen-bond acceptors (Lipinski definition) is 2. The molecule has 1 amide bonds. The molecule has 0 atom stereocenters. The molecule has 0 aromatic heterocycles. The third-order valence-electron chi connectivity index (χ3n) is 3.13. The SMILES string of the molecule is NC1(C(=O)Nc2ccc(F)c(Cl)c2)CCCC1. The molecule has 0 unspecified atom stereocenters. The number of halogens is 2. The van der Waals surface area contributed by atoms with Gasteiger partial charge in [0.2, 0.25) is 5.91 Å². The summed E-state index contributed by atoms with van der Waals surface area (Å²) in [4.78, 5) is 12.0. The van der Waals surface area contributed by atoms with Crippen LogP contribution in [0.1, 0.15) is 25.7 Å². The standard InChI is InChI=1S/C12H14ClFN2O/c13-9-7-8(3-4-10(9)14)16-11(17)12(15)5-1-2-6-12/h3-4,7H,1-2,5-6,15H2,(H,16,17). The monoisotopic (exact) mass is 256 g/mol. The van der Waals surface area contributed by atoms with Gasteiger partial charge in [-0.3, -0.25) is 4.79 Å². The van der Waals surface area contributed by atoms with E-state index in [1.54, 1.807) is 0 Å². The number of anilines is 1. The van der Waals surface area contributed by atoms with Crippen LogP contribution in [0.3, 0.4) is 0 Å². The van der Waals surface area contributed by atoms with Gasteiger partial charge in [-0.25, -0.2) is 4.39 Å². The van der Waals surface area contributed by atoms with Crippen molar-refractivity contribution in [2.45, 2.75) is 31.2 Å². The number of nitrogens with two attached hydrogens (primary N) is 1. The summed E-state index contributed by atoms with van der Waals surface area (Å²) in [6.45, 7) is 0. The molecule has 3 N–H and O–H groups in total. The van der Waals surface area contributed by atoms with Gasteiger partial charge in [0.25, 0.3) is 0 Å². The first-order valence-corrected chi connectivity index (χ1v) is 5.94. The lowest BCUT2D eigenvalue weighted by molar-refractivity contribution is -0.121. The smallest absolute Gasteiger partial charge is 0.244 e. The number of carbonyl (C=O) groups excluding carboxylic acids is 1. The van der Waals surface area contributed by atoms with Crippen molar-refractivity contribution in [3.05, 3.63) is 29.0 Å². The van der Waals surface area contributed by atoms with Gasteiger partial charge in [0.05, 0.1) is 10.6 Å². The van der Waals surface area contributed by atoms with Crippen molar-refractivity contribution in [1.29, 1.82) is 0 Å². The highest BCUT2D eigenvalue weighted by Gasteiger charge is 2.36. The van der Waals surface area contributed by atoms with E-state index in [1.807, 2.05) is 0 Å². The third kappa shape index (κ3) is 2.58. The zero-order valence-electron chi connectivity index (χ0n) is 9.30. The Balaban J connectivity index is 2.10. The Morgan fingerprint density at radius 3 is 2.65 bits per heavy atom. The van der Waals surface area contributed by atoms with E-state index in [2.05, 4.69) is 5.32 Å². The average molecular weight is 257 g/mol. The maximum absolute atomic E-state index is 12.9. The number of amides is 1. The minimum Gasteiger partial charge on any atom is -0.324 e. The molecule has 3 nitrogen and oxygen atoms in total. The largest absolute Gasteiger partial charge is 0.324 e. The molecule has 5 heteroatoms. The van der Waals surface area contributed by atoms with E-state index in [-0.39, 0.29) is 10.9 Å². The molecule has 0 spiro atoms. The van der Waals surface area contributed by atoms with Gasteiger partial charge in [0.15, 0.2) is 0 Å². The molecular weight excluding hydrogens is 243 g/mol. The van der Waals surface area contributed by atoms with Crippen molar-refractivity contribution in [2.75, 3.05) is 5.32 Å². The van der Waals surface area contributed by atoms with Crippen molar-refractivity contribution >= 4 is 23.2 Å². The number of hydrogen-bond donors (Lipinski definition) is 2. The summed E-state index contributed by atoms with van der Waals surface area (Å²) >= 11 is 5.63. The predicted octanol–water partition coefficient (Wildman–Crippen LogP) is 2.69. The minimum absolute atomic E-state index is 0.0136. The highest BCUT2D eigenvalue weighted by atomic mass is 35.5. The molecular formula is C12H14ClFN2O. The van der Waals surface area contributed by atoms with Crippen LogP contribution in [-0.2, 0) is 4.79 Å². The maximum atomic E-state index is 12.9. The Kier molecular flexibility index (Phi) is 3.35. The second-order valence-electron chi connectivity index (χ2n) is 4.45. The second-order valence-corrected chi connectivity index (χ2v) is 4.85. The quantitative estimate of drug-likeness (QED) is 0.855. The highest BCUT2D eigenvalue weighted by Crippen LogP contribution is 2.29. The Morgan fingerprint density at radius 2 is 2.06 bits per heavy atom. The van der Waals surface area contributed by atoms with Crippen LogP contribution >= 0.6 is 11.6 Å². The molecule has 17 heavy (non-hydrogen) atoms. The fourth-order valence-electron chi connectivity index (χ4n) is 2.06. The van der Waals surface area contributed by atoms with Gasteiger partial charge in [-0.1, -0.05) is 24.4 Å². The van der Waals surface area contributed by atoms with Crippen LogP contribution in [0.4, 0.5) is 10.1 Å². The van der Waals surface area contributed by atoms with Gasteiger partial charge in [0, 0.05) is 5.69 Å². The summed E-state index contributed by atoms with van der Waals surface area (Å²) in [5.41, 5.74) is 5.68. The minimum atomic E-state index is -0.791. The van der Waals surface area contributed by atoms with E-state index in [1.165, 1.54) is 18.2 Å². The van der Waals surface area contributed by atoms with Crippen LogP contribution in [0, 0.1) is 5.82 Å². The van der Waals surface area contributed by atoms with Crippen molar-refractivity contribution < 1.29 is 9.18 Å². The van der Waals surface area contributed by atoms with Crippen LogP contribution in [0.5, 0.6) is 0 Å².